The number of imide groups is 2. The maximum absolute atomic E-state index is 13.1. The number of nitrogens with one attached hydrogen (secondary N) is 1. The minimum Gasteiger partial charge on any atom is -0.493 e. The Hall–Kier alpha value is -3.12. The van der Waals surface area contributed by atoms with Crippen molar-refractivity contribution in [1.29, 1.82) is 0 Å². The predicted octanol–water partition coefficient (Wildman–Crippen LogP) is 4.36. The molecule has 1 saturated heterocycles. The van der Waals surface area contributed by atoms with Gasteiger partial charge in [-0.05, 0) is 48.7 Å². The number of urea groups is 1. The van der Waals surface area contributed by atoms with Crippen LogP contribution in [0.15, 0.2) is 48.0 Å². The van der Waals surface area contributed by atoms with Crippen LogP contribution in [-0.2, 0) is 16.0 Å². The summed E-state index contributed by atoms with van der Waals surface area (Å²) < 4.78 is 5.70. The highest BCUT2D eigenvalue weighted by molar-refractivity contribution is 6.39. The van der Waals surface area contributed by atoms with E-state index in [1.807, 2.05) is 26.0 Å². The normalized spacial score (nSPS) is 15.6. The van der Waals surface area contributed by atoms with E-state index in [1.165, 1.54) is 6.08 Å². The van der Waals surface area contributed by atoms with E-state index < -0.39 is 17.8 Å². The SMILES string of the molecule is CCCOc1ccc(Cl)cc1/C=C1/C(=O)NC(=O)N(c2ccccc2CC)C1=O. The molecular weight excluding hydrogens is 392 g/mol. The molecule has 0 spiro atoms. The van der Waals surface area contributed by atoms with Gasteiger partial charge < -0.3 is 4.74 Å². The van der Waals surface area contributed by atoms with Crippen molar-refractivity contribution in [2.45, 2.75) is 26.7 Å². The molecule has 1 N–H and O–H groups in total. The first-order valence-electron chi connectivity index (χ1n) is 9.38. The average molecular weight is 413 g/mol. The first kappa shape index (κ1) is 20.6. The number of rotatable bonds is 6. The molecule has 150 valence electrons. The summed E-state index contributed by atoms with van der Waals surface area (Å²) in [5.41, 5.74) is 1.59. The number of anilines is 1. The largest absolute Gasteiger partial charge is 0.493 e. The molecule has 0 aromatic heterocycles. The molecule has 0 atom stereocenters. The molecule has 3 rings (SSSR count). The van der Waals surface area contributed by atoms with Crippen molar-refractivity contribution in [2.75, 3.05) is 11.5 Å². The van der Waals surface area contributed by atoms with Gasteiger partial charge in [0.15, 0.2) is 0 Å². The lowest BCUT2D eigenvalue weighted by molar-refractivity contribution is -0.122. The number of hydrogen-bond donors (Lipinski definition) is 1. The van der Waals surface area contributed by atoms with Gasteiger partial charge in [-0.3, -0.25) is 14.9 Å². The van der Waals surface area contributed by atoms with E-state index >= 15 is 0 Å². The Kier molecular flexibility index (Phi) is 6.34. The highest BCUT2D eigenvalue weighted by atomic mass is 35.5. The van der Waals surface area contributed by atoms with Crippen LogP contribution in [0.3, 0.4) is 0 Å². The number of ether oxygens (including phenoxy) is 1. The smallest absolute Gasteiger partial charge is 0.335 e. The Labute approximate surface area is 174 Å². The number of carbonyl (C=O) groups excluding carboxylic acids is 3. The first-order chi connectivity index (χ1) is 14.0. The molecule has 6 nitrogen and oxygen atoms in total. The van der Waals surface area contributed by atoms with E-state index in [0.717, 1.165) is 16.9 Å². The third kappa shape index (κ3) is 4.32. The number of benzene rings is 2. The lowest BCUT2D eigenvalue weighted by Gasteiger charge is -2.28. The fourth-order valence-corrected chi connectivity index (χ4v) is 3.22. The molecule has 1 heterocycles. The summed E-state index contributed by atoms with van der Waals surface area (Å²) >= 11 is 6.09. The third-order valence-corrected chi connectivity index (χ3v) is 4.68. The Balaban J connectivity index is 2.06. The molecule has 4 amide bonds. The Morgan fingerprint density at radius 2 is 1.86 bits per heavy atom. The second-order valence-electron chi connectivity index (χ2n) is 6.47. The molecule has 7 heteroatoms. The molecule has 1 aliphatic heterocycles. The predicted molar refractivity (Wildman–Crippen MR) is 112 cm³/mol. The van der Waals surface area contributed by atoms with Crippen molar-refractivity contribution in [3.05, 3.63) is 64.2 Å². The van der Waals surface area contributed by atoms with Crippen molar-refractivity contribution in [1.82, 2.24) is 5.32 Å². The van der Waals surface area contributed by atoms with Gasteiger partial charge in [0.1, 0.15) is 11.3 Å². The lowest BCUT2D eigenvalue weighted by Crippen LogP contribution is -2.54. The minimum atomic E-state index is -0.772. The van der Waals surface area contributed by atoms with E-state index in [9.17, 15) is 14.4 Å². The highest BCUT2D eigenvalue weighted by Gasteiger charge is 2.37. The number of halogens is 1. The van der Waals surface area contributed by atoms with Gasteiger partial charge in [-0.2, -0.15) is 0 Å². The van der Waals surface area contributed by atoms with Crippen LogP contribution in [0.1, 0.15) is 31.4 Å². The molecule has 1 aliphatic rings. The van der Waals surface area contributed by atoms with E-state index in [2.05, 4.69) is 5.32 Å². The van der Waals surface area contributed by atoms with Crippen LogP contribution in [0.2, 0.25) is 5.02 Å². The Morgan fingerprint density at radius 3 is 2.59 bits per heavy atom. The summed E-state index contributed by atoms with van der Waals surface area (Å²) in [7, 11) is 0. The fraction of sp³-hybridized carbons (Fsp3) is 0.227. The number of para-hydroxylation sites is 1. The summed E-state index contributed by atoms with van der Waals surface area (Å²) in [6.45, 7) is 4.38. The first-order valence-corrected chi connectivity index (χ1v) is 9.75. The number of nitrogens with zero attached hydrogens (tertiary/aromatic N) is 1. The highest BCUT2D eigenvalue weighted by Crippen LogP contribution is 2.29. The molecule has 0 saturated carbocycles. The Morgan fingerprint density at radius 1 is 1.10 bits per heavy atom. The molecule has 0 unspecified atom stereocenters. The quantitative estimate of drug-likeness (QED) is 0.565. The maximum Gasteiger partial charge on any atom is 0.335 e. The van der Waals surface area contributed by atoms with Crippen LogP contribution < -0.4 is 15.0 Å². The summed E-state index contributed by atoms with van der Waals surface area (Å²) in [4.78, 5) is 39.0. The van der Waals surface area contributed by atoms with Crippen molar-refractivity contribution >= 4 is 41.2 Å². The van der Waals surface area contributed by atoms with E-state index in [4.69, 9.17) is 16.3 Å². The zero-order chi connectivity index (χ0) is 21.0. The topological polar surface area (TPSA) is 75.7 Å². The van der Waals surface area contributed by atoms with Crippen LogP contribution in [0.4, 0.5) is 10.5 Å². The van der Waals surface area contributed by atoms with Crippen LogP contribution in [0.25, 0.3) is 6.08 Å². The molecule has 0 aliphatic carbocycles. The van der Waals surface area contributed by atoms with Gasteiger partial charge in [-0.25, -0.2) is 9.69 Å². The van der Waals surface area contributed by atoms with E-state index in [1.54, 1.807) is 30.3 Å². The van der Waals surface area contributed by atoms with Crippen molar-refractivity contribution in [3.8, 4) is 5.75 Å². The van der Waals surface area contributed by atoms with Crippen LogP contribution >= 0.6 is 11.6 Å². The minimum absolute atomic E-state index is 0.167. The summed E-state index contributed by atoms with van der Waals surface area (Å²) in [6.07, 6.45) is 2.83. The summed E-state index contributed by atoms with van der Waals surface area (Å²) in [6, 6.07) is 11.3. The van der Waals surface area contributed by atoms with Crippen LogP contribution in [0, 0.1) is 0 Å². The van der Waals surface area contributed by atoms with Gasteiger partial charge in [-0.15, -0.1) is 0 Å². The van der Waals surface area contributed by atoms with Gasteiger partial charge in [-0.1, -0.05) is 43.6 Å². The molecule has 2 aromatic rings. The Bertz CT molecular complexity index is 1000. The number of aryl methyl sites for hydroxylation is 1. The van der Waals surface area contributed by atoms with Gasteiger partial charge in [0, 0.05) is 10.6 Å². The second kappa shape index (κ2) is 8.92. The van der Waals surface area contributed by atoms with Crippen molar-refractivity contribution in [3.63, 3.8) is 0 Å². The second-order valence-corrected chi connectivity index (χ2v) is 6.91. The van der Waals surface area contributed by atoms with Crippen LogP contribution in [0.5, 0.6) is 5.75 Å². The number of barbiturate groups is 1. The van der Waals surface area contributed by atoms with Crippen molar-refractivity contribution in [2.24, 2.45) is 0 Å². The van der Waals surface area contributed by atoms with Crippen molar-refractivity contribution < 1.29 is 19.1 Å². The fourth-order valence-electron chi connectivity index (χ4n) is 3.04. The molecule has 2 aromatic carbocycles. The lowest BCUT2D eigenvalue weighted by atomic mass is 10.0. The summed E-state index contributed by atoms with van der Waals surface area (Å²) in [5, 5.41) is 2.68. The number of amides is 4. The van der Waals surface area contributed by atoms with E-state index in [-0.39, 0.29) is 5.57 Å². The average Bonchev–Trinajstić information content (AvgIpc) is 2.70. The van der Waals surface area contributed by atoms with E-state index in [0.29, 0.717) is 35.1 Å². The zero-order valence-electron chi connectivity index (χ0n) is 16.2. The van der Waals surface area contributed by atoms with Gasteiger partial charge >= 0.3 is 6.03 Å². The van der Waals surface area contributed by atoms with Gasteiger partial charge in [0.25, 0.3) is 11.8 Å². The monoisotopic (exact) mass is 412 g/mol. The zero-order valence-corrected chi connectivity index (χ0v) is 17.0. The van der Waals surface area contributed by atoms with Gasteiger partial charge in [0.05, 0.1) is 12.3 Å². The van der Waals surface area contributed by atoms with Gasteiger partial charge in [0.2, 0.25) is 0 Å². The summed E-state index contributed by atoms with van der Waals surface area (Å²) in [5.74, 6) is -0.950. The third-order valence-electron chi connectivity index (χ3n) is 4.45. The number of hydrogen-bond acceptors (Lipinski definition) is 4. The molecule has 29 heavy (non-hydrogen) atoms. The molecular formula is C22H21ClN2O4. The number of carbonyl (C=O) groups is 3. The van der Waals surface area contributed by atoms with Crippen LogP contribution in [-0.4, -0.2) is 24.5 Å². The maximum atomic E-state index is 13.1. The molecule has 0 bridgehead atoms. The molecule has 1 fully saturated rings. The standard InChI is InChI=1S/C22H21ClN2O4/c1-3-11-29-19-10-9-16(23)12-15(19)13-17-20(26)24-22(28)25(21(17)27)18-8-6-5-7-14(18)4-2/h5-10,12-13H,3-4,11H2,1-2H3,(H,24,26,28)/b17-13-. The molecule has 0 radical (unpaired) electrons.